The van der Waals surface area contributed by atoms with E-state index in [0.29, 0.717) is 23.2 Å². The smallest absolute Gasteiger partial charge is 0.243 e. The molecule has 2 aromatic carbocycles. The van der Waals surface area contributed by atoms with Gasteiger partial charge in [0.1, 0.15) is 11.6 Å². The van der Waals surface area contributed by atoms with Gasteiger partial charge in [0.05, 0.1) is 21.9 Å². The van der Waals surface area contributed by atoms with Crippen molar-refractivity contribution >= 4 is 32.8 Å². The second kappa shape index (κ2) is 10.6. The van der Waals surface area contributed by atoms with Crippen molar-refractivity contribution in [2.75, 3.05) is 6.54 Å². The Morgan fingerprint density at radius 3 is 2.54 bits per heavy atom. The first-order valence-corrected chi connectivity index (χ1v) is 14.2. The van der Waals surface area contributed by atoms with Gasteiger partial charge in [-0.1, -0.05) is 19.1 Å². The van der Waals surface area contributed by atoms with Crippen LogP contribution >= 0.6 is 0 Å². The zero-order valence-corrected chi connectivity index (χ0v) is 22.3. The van der Waals surface area contributed by atoms with Crippen LogP contribution in [0.15, 0.2) is 76.3 Å². The molecule has 1 fully saturated rings. The van der Waals surface area contributed by atoms with Gasteiger partial charge < -0.3 is 19.7 Å². The van der Waals surface area contributed by atoms with Crippen LogP contribution in [-0.2, 0) is 19.4 Å². The Bertz CT molecular complexity index is 1550. The van der Waals surface area contributed by atoms with Gasteiger partial charge in [0.15, 0.2) is 21.5 Å². The fraction of sp³-hybridized carbons (Fsp3) is 0.333. The molecule has 0 aliphatic carbocycles. The molecule has 3 heterocycles. The Hall–Kier alpha value is -4.03. The highest BCUT2D eigenvalue weighted by molar-refractivity contribution is 7.92. The second-order valence-electron chi connectivity index (χ2n) is 9.52. The van der Waals surface area contributed by atoms with Gasteiger partial charge in [-0.05, 0) is 55.3 Å². The van der Waals surface area contributed by atoms with E-state index in [1.807, 2.05) is 0 Å². The molecule has 0 saturated carbocycles. The molecule has 11 nitrogen and oxygen atoms in total. The lowest BCUT2D eigenvalue weighted by Gasteiger charge is -2.26. The van der Waals surface area contributed by atoms with Crippen LogP contribution in [0.2, 0.25) is 0 Å². The molecule has 2 aromatic heterocycles. The first-order chi connectivity index (χ1) is 18.7. The number of nitrogens with one attached hydrogen (secondary N) is 1. The van der Waals surface area contributed by atoms with E-state index in [1.165, 1.54) is 24.0 Å². The number of carbonyl (C=O) groups excluding carboxylic acids is 2. The summed E-state index contributed by atoms with van der Waals surface area (Å²) in [6.07, 6.45) is 2.43. The molecule has 0 spiro atoms. The van der Waals surface area contributed by atoms with Gasteiger partial charge in [-0.25, -0.2) is 18.1 Å². The summed E-state index contributed by atoms with van der Waals surface area (Å²) in [6.45, 7) is 2.98. The van der Waals surface area contributed by atoms with Gasteiger partial charge in [0.2, 0.25) is 17.7 Å². The normalized spacial score (nSPS) is 19.2. The molecule has 0 bridgehead atoms. The molecule has 39 heavy (non-hydrogen) atoms. The third-order valence-corrected chi connectivity index (χ3v) is 9.20. The van der Waals surface area contributed by atoms with Gasteiger partial charge in [-0.15, -0.1) is 0 Å². The lowest BCUT2D eigenvalue weighted by Crippen LogP contribution is -2.49. The zero-order valence-electron chi connectivity index (χ0n) is 21.5. The topological polar surface area (TPSA) is 148 Å². The van der Waals surface area contributed by atoms with Crippen LogP contribution in [-0.4, -0.2) is 68.9 Å². The minimum Gasteiger partial charge on any atom is -0.438 e. The predicted molar refractivity (Wildman–Crippen MR) is 142 cm³/mol. The maximum absolute atomic E-state index is 13.5. The van der Waals surface area contributed by atoms with Crippen LogP contribution in [0.3, 0.4) is 0 Å². The van der Waals surface area contributed by atoms with Crippen LogP contribution < -0.4 is 5.32 Å². The molecule has 5 rings (SSSR count). The number of amides is 2. The van der Waals surface area contributed by atoms with E-state index in [-0.39, 0.29) is 23.8 Å². The number of oxazole rings is 1. The number of nitrogens with zero attached hydrogens (tertiary/aromatic N) is 4. The molecule has 204 valence electrons. The Labute approximate surface area is 225 Å². The number of likely N-dealkylation sites (tertiary alicyclic amines) is 1. The van der Waals surface area contributed by atoms with E-state index in [4.69, 9.17) is 4.42 Å². The molecule has 1 aliphatic rings. The third-order valence-electron chi connectivity index (χ3n) is 7.05. The lowest BCUT2D eigenvalue weighted by atomic mass is 10.1. The molecule has 12 heteroatoms. The number of aromatic nitrogens is 3. The predicted octanol–water partition coefficient (Wildman–Crippen LogP) is 2.40. The first-order valence-electron chi connectivity index (χ1n) is 12.6. The fourth-order valence-electron chi connectivity index (χ4n) is 4.89. The van der Waals surface area contributed by atoms with Crippen LogP contribution in [0.4, 0.5) is 0 Å². The first kappa shape index (κ1) is 26.6. The van der Waals surface area contributed by atoms with Crippen molar-refractivity contribution in [2.24, 2.45) is 0 Å². The number of rotatable bonds is 8. The van der Waals surface area contributed by atoms with Gasteiger partial charge in [0, 0.05) is 25.9 Å². The maximum Gasteiger partial charge on any atom is 0.243 e. The number of aliphatic hydroxyl groups is 1. The summed E-state index contributed by atoms with van der Waals surface area (Å²) >= 11 is 0. The van der Waals surface area contributed by atoms with Crippen molar-refractivity contribution in [1.82, 2.24) is 25.0 Å². The van der Waals surface area contributed by atoms with Crippen molar-refractivity contribution in [1.29, 1.82) is 0 Å². The molecule has 2 N–H and O–H groups in total. The van der Waals surface area contributed by atoms with Crippen molar-refractivity contribution in [3.8, 4) is 5.69 Å². The highest BCUT2D eigenvalue weighted by atomic mass is 32.2. The molecule has 2 amide bonds. The molecule has 1 aliphatic heterocycles. The largest absolute Gasteiger partial charge is 0.438 e. The minimum absolute atomic E-state index is 0.0654. The average Bonchev–Trinajstić information content (AvgIpc) is 3.71. The third kappa shape index (κ3) is 5.17. The van der Waals surface area contributed by atoms with Crippen molar-refractivity contribution in [3.05, 3.63) is 72.9 Å². The van der Waals surface area contributed by atoms with E-state index in [1.54, 1.807) is 66.5 Å². The summed E-state index contributed by atoms with van der Waals surface area (Å²) in [5.74, 6) is -0.884. The summed E-state index contributed by atoms with van der Waals surface area (Å²) in [6, 6.07) is 13.4. The number of sulfone groups is 1. The van der Waals surface area contributed by atoms with Crippen LogP contribution in [0.5, 0.6) is 0 Å². The van der Waals surface area contributed by atoms with E-state index in [9.17, 15) is 23.1 Å². The summed E-state index contributed by atoms with van der Waals surface area (Å²) in [4.78, 5) is 31.5. The molecule has 4 aromatic rings. The van der Waals surface area contributed by atoms with Crippen LogP contribution in [0.1, 0.15) is 38.7 Å². The second-order valence-corrected chi connectivity index (χ2v) is 11.8. The fourth-order valence-corrected chi connectivity index (χ4v) is 6.59. The zero-order chi connectivity index (χ0) is 27.7. The number of aliphatic hydroxyl groups excluding tert-OH is 1. The Morgan fingerprint density at radius 2 is 1.90 bits per heavy atom. The minimum atomic E-state index is -3.84. The Morgan fingerprint density at radius 1 is 1.15 bits per heavy atom. The monoisotopic (exact) mass is 551 g/mol. The number of hydrogen-bond donors (Lipinski definition) is 2. The maximum atomic E-state index is 13.5. The van der Waals surface area contributed by atoms with Crippen LogP contribution in [0.25, 0.3) is 16.8 Å². The van der Waals surface area contributed by atoms with Gasteiger partial charge in [-0.3, -0.25) is 9.59 Å². The Balaban J connectivity index is 1.32. The van der Waals surface area contributed by atoms with E-state index in [0.717, 1.165) is 0 Å². The van der Waals surface area contributed by atoms with Gasteiger partial charge >= 0.3 is 0 Å². The summed E-state index contributed by atoms with van der Waals surface area (Å²) < 4.78 is 34.2. The molecule has 1 saturated heterocycles. The van der Waals surface area contributed by atoms with Crippen molar-refractivity contribution in [2.45, 2.75) is 55.0 Å². The number of hydrogen-bond acceptors (Lipinski definition) is 8. The highest BCUT2D eigenvalue weighted by Gasteiger charge is 2.45. The number of fused-ring (bicyclic) bond motifs is 1. The summed E-state index contributed by atoms with van der Waals surface area (Å²) in [7, 11) is -3.84. The molecule has 2 unspecified atom stereocenters. The SMILES string of the molecule is CCC(NC(=O)[C@@H]1C[C@@H](S(=O)(=O)c2ccc(-n3cccn3)cc2)CN1C(C)=O)C(O)c1nc2ccccc2o1. The van der Waals surface area contributed by atoms with E-state index >= 15 is 0 Å². The summed E-state index contributed by atoms with van der Waals surface area (Å²) in [5.41, 5.74) is 1.80. The number of carbonyl (C=O) groups is 2. The molecule has 4 atom stereocenters. The Kier molecular flexibility index (Phi) is 7.23. The van der Waals surface area contributed by atoms with E-state index in [2.05, 4.69) is 15.4 Å². The van der Waals surface area contributed by atoms with Gasteiger partial charge in [-0.2, -0.15) is 5.10 Å². The summed E-state index contributed by atoms with van der Waals surface area (Å²) in [5, 5.41) is 16.9. The van der Waals surface area contributed by atoms with Crippen LogP contribution in [0, 0.1) is 0 Å². The van der Waals surface area contributed by atoms with Crippen molar-refractivity contribution in [3.63, 3.8) is 0 Å². The quantitative estimate of drug-likeness (QED) is 0.339. The molecule has 0 radical (unpaired) electrons. The van der Waals surface area contributed by atoms with Crippen molar-refractivity contribution < 1.29 is 27.5 Å². The molecular formula is C27H29N5O6S. The lowest BCUT2D eigenvalue weighted by molar-refractivity contribution is -0.137. The number of para-hydroxylation sites is 2. The van der Waals surface area contributed by atoms with Gasteiger partial charge in [0.25, 0.3) is 0 Å². The number of benzene rings is 2. The average molecular weight is 552 g/mol. The van der Waals surface area contributed by atoms with E-state index < -0.39 is 45.1 Å². The standard InChI is InChI=1S/C27H29N5O6S/c1-3-21(25(34)27-30-22-7-4-5-8-24(22)38-27)29-26(35)23-15-20(16-31(23)17(2)33)39(36,37)19-11-9-18(10-12-19)32-14-6-13-28-32/h4-14,20-21,23,25,34H,3,15-16H2,1-2H3,(H,29,35)/t20-,21?,23+,25?/m1/s1. The highest BCUT2D eigenvalue weighted by Crippen LogP contribution is 2.30. The molecular weight excluding hydrogens is 522 g/mol.